The monoisotopic (exact) mass is 506 g/mol. The summed E-state index contributed by atoms with van der Waals surface area (Å²) in [5.41, 5.74) is 0. The van der Waals surface area contributed by atoms with Gasteiger partial charge < -0.3 is 28.8 Å². The maximum atomic E-state index is 12.3. The van der Waals surface area contributed by atoms with Crippen LogP contribution in [0.1, 0.15) is 90.9 Å². The van der Waals surface area contributed by atoms with Crippen LogP contribution in [0.25, 0.3) is 0 Å². The summed E-state index contributed by atoms with van der Waals surface area (Å²) in [6.45, 7) is 4.41. The van der Waals surface area contributed by atoms with E-state index in [-0.39, 0.29) is 19.1 Å². The van der Waals surface area contributed by atoms with Crippen LogP contribution in [0.5, 0.6) is 0 Å². The number of allylic oxidation sites excluding steroid dienone is 1. The van der Waals surface area contributed by atoms with Crippen LogP contribution in [0, 0.1) is 0 Å². The average Bonchev–Trinajstić information content (AvgIpc) is 2.74. The number of nitrogens with one attached hydrogen (secondary N) is 1. The van der Waals surface area contributed by atoms with E-state index in [1.165, 1.54) is 25.7 Å². The average molecular weight is 507 g/mol. The second-order valence-corrected chi connectivity index (χ2v) is 11.5. The van der Waals surface area contributed by atoms with Crippen LogP contribution in [0.3, 0.4) is 0 Å². The molecule has 9 heteroatoms. The number of aliphatic hydroxyl groups is 1. The lowest BCUT2D eigenvalue weighted by atomic mass is 10.1. The first kappa shape index (κ1) is 33.2. The lowest BCUT2D eigenvalue weighted by Gasteiger charge is -2.29. The Balaban J connectivity index is 4.75. The molecule has 0 aliphatic rings. The minimum atomic E-state index is -4.54. The first-order valence-electron chi connectivity index (χ1n) is 13.1. The zero-order valence-electron chi connectivity index (χ0n) is 22.3. The van der Waals surface area contributed by atoms with Gasteiger partial charge in [0.15, 0.2) is 0 Å². The molecule has 8 nitrogen and oxygen atoms in total. The number of rotatable bonds is 22. The number of phosphoric ester groups is 1. The number of unbranched alkanes of at least 4 members (excludes halogenated alkanes) is 9. The van der Waals surface area contributed by atoms with Gasteiger partial charge in [-0.2, -0.15) is 0 Å². The second kappa shape index (κ2) is 19.4. The molecule has 0 bridgehead atoms. The Morgan fingerprint density at radius 1 is 1.00 bits per heavy atom. The van der Waals surface area contributed by atoms with Crippen LogP contribution in [0.2, 0.25) is 0 Å². The standard InChI is InChI=1S/C25H51N2O6P/c1-6-8-10-12-13-14-15-16-18-24(28)23(26-25(29)19-17-11-9-7-2)22-33-34(30,31)32-21-20-27(3,4)5/h16,18,23-24,28H,6-15,17,19-22H2,1-5H3,(H-,26,29,30,31)/b18-16+. The predicted octanol–water partition coefficient (Wildman–Crippen LogP) is 4.32. The maximum absolute atomic E-state index is 12.3. The molecule has 202 valence electrons. The quantitative estimate of drug-likeness (QED) is 0.0980. The Morgan fingerprint density at radius 3 is 2.21 bits per heavy atom. The lowest BCUT2D eigenvalue weighted by molar-refractivity contribution is -0.870. The molecule has 0 saturated carbocycles. The SMILES string of the molecule is CCCCCCCC/C=C/C(O)C(COP(=O)([O-])OCC[N+](C)(C)C)NC(=O)CCCCCC. The molecule has 0 heterocycles. The van der Waals surface area contributed by atoms with E-state index in [1.54, 1.807) is 6.08 Å². The van der Waals surface area contributed by atoms with Gasteiger partial charge in [-0.15, -0.1) is 0 Å². The smallest absolute Gasteiger partial charge is 0.268 e. The van der Waals surface area contributed by atoms with Gasteiger partial charge in [0, 0.05) is 6.42 Å². The number of carbonyl (C=O) groups excluding carboxylic acids is 1. The number of likely N-dealkylation sites (N-methyl/N-ethyl adjacent to an activating group) is 1. The normalized spacial score (nSPS) is 15.9. The molecule has 0 aromatic carbocycles. The minimum absolute atomic E-state index is 0.000551. The fraction of sp³-hybridized carbons (Fsp3) is 0.880. The molecule has 0 spiro atoms. The summed E-state index contributed by atoms with van der Waals surface area (Å²) in [7, 11) is 1.25. The third-order valence-corrected chi connectivity index (χ3v) is 6.46. The molecule has 0 aliphatic carbocycles. The molecule has 0 aromatic rings. The predicted molar refractivity (Wildman–Crippen MR) is 136 cm³/mol. The van der Waals surface area contributed by atoms with Gasteiger partial charge in [0.1, 0.15) is 13.2 Å². The number of hydrogen-bond donors (Lipinski definition) is 2. The molecule has 0 aromatic heterocycles. The highest BCUT2D eigenvalue weighted by atomic mass is 31.2. The van der Waals surface area contributed by atoms with Crippen LogP contribution in [0.15, 0.2) is 12.2 Å². The van der Waals surface area contributed by atoms with Crippen molar-refractivity contribution in [2.45, 2.75) is 103 Å². The van der Waals surface area contributed by atoms with Crippen LogP contribution < -0.4 is 10.2 Å². The van der Waals surface area contributed by atoms with Gasteiger partial charge in [0.2, 0.25) is 5.91 Å². The van der Waals surface area contributed by atoms with Crippen molar-refractivity contribution in [2.75, 3.05) is 40.9 Å². The highest BCUT2D eigenvalue weighted by Crippen LogP contribution is 2.38. The molecule has 1 amide bonds. The summed E-state index contributed by atoms with van der Waals surface area (Å²) in [6, 6.07) is -0.872. The molecular formula is C25H51N2O6P. The molecule has 0 aliphatic heterocycles. The Bertz CT molecular complexity index is 594. The maximum Gasteiger partial charge on any atom is 0.268 e. The molecule has 34 heavy (non-hydrogen) atoms. The highest BCUT2D eigenvalue weighted by Gasteiger charge is 2.23. The molecule has 0 fully saturated rings. The van der Waals surface area contributed by atoms with Gasteiger partial charge in [0.25, 0.3) is 7.82 Å². The Morgan fingerprint density at radius 2 is 1.59 bits per heavy atom. The Labute approximate surface area is 208 Å². The van der Waals surface area contributed by atoms with Gasteiger partial charge in [-0.05, 0) is 19.3 Å². The van der Waals surface area contributed by atoms with Crippen molar-refractivity contribution in [3.8, 4) is 0 Å². The van der Waals surface area contributed by atoms with Gasteiger partial charge >= 0.3 is 0 Å². The molecule has 3 atom stereocenters. The number of nitrogens with zero attached hydrogens (tertiary/aromatic N) is 1. The van der Waals surface area contributed by atoms with E-state index >= 15 is 0 Å². The van der Waals surface area contributed by atoms with E-state index < -0.39 is 20.0 Å². The van der Waals surface area contributed by atoms with Crippen molar-refractivity contribution in [3.05, 3.63) is 12.2 Å². The topological polar surface area (TPSA) is 108 Å². The summed E-state index contributed by atoms with van der Waals surface area (Å²) < 4.78 is 22.7. The van der Waals surface area contributed by atoms with Crippen LogP contribution in [-0.2, 0) is 18.4 Å². The highest BCUT2D eigenvalue weighted by molar-refractivity contribution is 7.45. The number of phosphoric acid groups is 1. The summed E-state index contributed by atoms with van der Waals surface area (Å²) in [5.74, 6) is -0.222. The van der Waals surface area contributed by atoms with Crippen LogP contribution in [0.4, 0.5) is 0 Å². The van der Waals surface area contributed by atoms with E-state index in [9.17, 15) is 19.4 Å². The molecule has 0 saturated heterocycles. The third-order valence-electron chi connectivity index (χ3n) is 5.50. The van der Waals surface area contributed by atoms with Crippen LogP contribution in [-0.4, -0.2) is 68.5 Å². The summed E-state index contributed by atoms with van der Waals surface area (Å²) >= 11 is 0. The van der Waals surface area contributed by atoms with Crippen molar-refractivity contribution in [1.82, 2.24) is 5.32 Å². The van der Waals surface area contributed by atoms with Crippen molar-refractivity contribution in [1.29, 1.82) is 0 Å². The lowest BCUT2D eigenvalue weighted by Crippen LogP contribution is -2.45. The van der Waals surface area contributed by atoms with Gasteiger partial charge in [-0.1, -0.05) is 77.4 Å². The van der Waals surface area contributed by atoms with E-state index in [2.05, 4.69) is 19.2 Å². The fourth-order valence-corrected chi connectivity index (χ4v) is 3.99. The van der Waals surface area contributed by atoms with E-state index in [4.69, 9.17) is 9.05 Å². The second-order valence-electron chi connectivity index (χ2n) is 10.0. The molecule has 2 N–H and O–H groups in total. The first-order chi connectivity index (χ1) is 16.0. The molecule has 3 unspecified atom stereocenters. The zero-order chi connectivity index (χ0) is 25.9. The summed E-state index contributed by atoms with van der Waals surface area (Å²) in [4.78, 5) is 24.5. The van der Waals surface area contributed by atoms with Crippen molar-refractivity contribution < 1.29 is 32.9 Å². The van der Waals surface area contributed by atoms with Gasteiger partial charge in [-0.25, -0.2) is 0 Å². The first-order valence-corrected chi connectivity index (χ1v) is 14.5. The van der Waals surface area contributed by atoms with Crippen LogP contribution >= 0.6 is 7.82 Å². The third kappa shape index (κ3) is 20.6. The largest absolute Gasteiger partial charge is 0.756 e. The minimum Gasteiger partial charge on any atom is -0.756 e. The number of aliphatic hydroxyl groups excluding tert-OH is 1. The molecule has 0 radical (unpaired) electrons. The van der Waals surface area contributed by atoms with Gasteiger partial charge in [-0.3, -0.25) is 9.36 Å². The number of hydrogen-bond acceptors (Lipinski definition) is 6. The fourth-order valence-electron chi connectivity index (χ4n) is 3.26. The number of quaternary nitrogens is 1. The van der Waals surface area contributed by atoms with Gasteiger partial charge in [0.05, 0.1) is 39.9 Å². The Hall–Kier alpha value is -0.760. The Kier molecular flexibility index (Phi) is 19.0. The molecular weight excluding hydrogens is 455 g/mol. The van der Waals surface area contributed by atoms with Crippen molar-refractivity contribution in [2.24, 2.45) is 0 Å². The molecule has 0 rings (SSSR count). The van der Waals surface area contributed by atoms with E-state index in [0.29, 0.717) is 17.4 Å². The van der Waals surface area contributed by atoms with E-state index in [0.717, 1.165) is 44.9 Å². The number of amides is 1. The summed E-state index contributed by atoms with van der Waals surface area (Å²) in [6.07, 6.45) is 14.6. The van der Waals surface area contributed by atoms with Crippen molar-refractivity contribution >= 4 is 13.7 Å². The van der Waals surface area contributed by atoms with Crippen molar-refractivity contribution in [3.63, 3.8) is 0 Å². The summed E-state index contributed by atoms with van der Waals surface area (Å²) in [5, 5.41) is 13.3. The van der Waals surface area contributed by atoms with E-state index in [1.807, 2.05) is 27.2 Å². The number of carbonyl (C=O) groups is 1. The zero-order valence-corrected chi connectivity index (χ0v) is 23.2.